The fourth-order valence-electron chi connectivity index (χ4n) is 4.13. The van der Waals surface area contributed by atoms with E-state index >= 15 is 0 Å². The molecule has 2 N–H and O–H groups in total. The van der Waals surface area contributed by atoms with E-state index in [0.717, 1.165) is 5.56 Å². The number of rotatable bonds is 2. The van der Waals surface area contributed by atoms with Gasteiger partial charge in [-0.05, 0) is 25.0 Å². The highest BCUT2D eigenvalue weighted by molar-refractivity contribution is 6.01. The van der Waals surface area contributed by atoms with Crippen molar-refractivity contribution < 1.29 is 4.79 Å². The Labute approximate surface area is 169 Å². The first-order chi connectivity index (χ1) is 14.5. The predicted octanol–water partition coefficient (Wildman–Crippen LogP) is 1.21. The van der Waals surface area contributed by atoms with Gasteiger partial charge in [0, 0.05) is 44.0 Å². The van der Waals surface area contributed by atoms with Crippen LogP contribution in [-0.4, -0.2) is 53.6 Å². The Morgan fingerprint density at radius 3 is 2.67 bits per heavy atom. The van der Waals surface area contributed by atoms with Crippen LogP contribution in [0.25, 0.3) is 33.2 Å². The molecule has 1 aliphatic heterocycles. The van der Waals surface area contributed by atoms with Gasteiger partial charge in [-0.3, -0.25) is 29.2 Å². The zero-order chi connectivity index (χ0) is 20.8. The lowest BCUT2D eigenvalue weighted by molar-refractivity contribution is -0.130. The molecule has 1 aliphatic rings. The summed E-state index contributed by atoms with van der Waals surface area (Å²) >= 11 is 0. The minimum absolute atomic E-state index is 0.0215. The summed E-state index contributed by atoms with van der Waals surface area (Å²) in [4.78, 5) is 50.4. The van der Waals surface area contributed by atoms with E-state index in [-0.39, 0.29) is 11.9 Å². The van der Waals surface area contributed by atoms with Crippen molar-refractivity contribution in [2.24, 2.45) is 0 Å². The van der Waals surface area contributed by atoms with Crippen LogP contribution in [0.1, 0.15) is 25.8 Å². The Bertz CT molecular complexity index is 1380. The second-order valence-electron chi connectivity index (χ2n) is 7.44. The van der Waals surface area contributed by atoms with Gasteiger partial charge in [-0.1, -0.05) is 0 Å². The Kier molecular flexibility index (Phi) is 4.19. The molecule has 4 aromatic heterocycles. The molecule has 152 valence electrons. The van der Waals surface area contributed by atoms with Gasteiger partial charge >= 0.3 is 5.69 Å². The Balaban J connectivity index is 1.75. The third-order valence-corrected chi connectivity index (χ3v) is 5.68. The Morgan fingerprint density at radius 1 is 1.17 bits per heavy atom. The maximum Gasteiger partial charge on any atom is 0.329 e. The Morgan fingerprint density at radius 2 is 1.97 bits per heavy atom. The van der Waals surface area contributed by atoms with Crippen molar-refractivity contribution in [3.05, 3.63) is 51.6 Å². The van der Waals surface area contributed by atoms with E-state index in [1.165, 1.54) is 6.20 Å². The number of fused-ring (bicyclic) bond motifs is 3. The highest BCUT2D eigenvalue weighted by atomic mass is 16.2. The maximum absolute atomic E-state index is 12.9. The average molecular weight is 405 g/mol. The van der Waals surface area contributed by atoms with E-state index in [1.807, 2.05) is 12.1 Å². The molecule has 0 aromatic carbocycles. The van der Waals surface area contributed by atoms with Gasteiger partial charge in [0.05, 0.1) is 28.3 Å². The van der Waals surface area contributed by atoms with Gasteiger partial charge in [-0.15, -0.1) is 0 Å². The maximum atomic E-state index is 12.9. The molecule has 1 saturated heterocycles. The van der Waals surface area contributed by atoms with Gasteiger partial charge < -0.3 is 4.90 Å². The Hall–Kier alpha value is -3.82. The first-order valence-electron chi connectivity index (χ1n) is 9.72. The number of pyridine rings is 2. The molecule has 0 unspecified atom stereocenters. The van der Waals surface area contributed by atoms with E-state index < -0.39 is 11.2 Å². The summed E-state index contributed by atoms with van der Waals surface area (Å²) < 4.78 is 1.62. The molecule has 0 spiro atoms. The van der Waals surface area contributed by atoms with Crippen LogP contribution >= 0.6 is 0 Å². The first kappa shape index (κ1) is 18.2. The van der Waals surface area contributed by atoms with Crippen molar-refractivity contribution in [1.82, 2.24) is 34.6 Å². The quantitative estimate of drug-likeness (QED) is 0.482. The third-order valence-electron chi connectivity index (χ3n) is 5.68. The van der Waals surface area contributed by atoms with Crippen LogP contribution < -0.4 is 11.2 Å². The van der Waals surface area contributed by atoms with Crippen molar-refractivity contribution >= 4 is 27.8 Å². The van der Waals surface area contributed by atoms with Crippen molar-refractivity contribution in [2.75, 3.05) is 13.1 Å². The topological polar surface area (TPSA) is 130 Å². The molecule has 10 heteroatoms. The molecule has 1 fully saturated rings. The van der Waals surface area contributed by atoms with E-state index in [4.69, 9.17) is 4.98 Å². The number of carbonyl (C=O) groups excluding carboxylic acids is 1. The van der Waals surface area contributed by atoms with Gasteiger partial charge in [-0.25, -0.2) is 9.78 Å². The molecule has 5 heterocycles. The number of nitrogens with one attached hydrogen (secondary N) is 2. The van der Waals surface area contributed by atoms with Crippen LogP contribution in [0.2, 0.25) is 0 Å². The fourth-order valence-corrected chi connectivity index (χ4v) is 4.13. The number of carbonyl (C=O) groups is 1. The van der Waals surface area contributed by atoms with Gasteiger partial charge in [0.25, 0.3) is 5.56 Å². The molecule has 0 radical (unpaired) electrons. The zero-order valence-electron chi connectivity index (χ0n) is 16.3. The summed E-state index contributed by atoms with van der Waals surface area (Å²) in [5.41, 5.74) is 2.05. The molecule has 0 saturated carbocycles. The molecule has 4 aromatic rings. The van der Waals surface area contributed by atoms with E-state index in [2.05, 4.69) is 20.2 Å². The van der Waals surface area contributed by atoms with Crippen molar-refractivity contribution in [3.8, 4) is 11.3 Å². The summed E-state index contributed by atoms with van der Waals surface area (Å²) in [5, 5.41) is 7.03. The average Bonchev–Trinajstić information content (AvgIpc) is 3.28. The van der Waals surface area contributed by atoms with Crippen LogP contribution in [0.3, 0.4) is 0 Å². The van der Waals surface area contributed by atoms with Gasteiger partial charge in [0.15, 0.2) is 0 Å². The molecular weight excluding hydrogens is 386 g/mol. The second kappa shape index (κ2) is 6.90. The number of nitrogens with zero attached hydrogens (tertiary/aromatic N) is 5. The molecule has 0 aliphatic carbocycles. The molecule has 30 heavy (non-hydrogen) atoms. The van der Waals surface area contributed by atoms with Gasteiger partial charge in [0.2, 0.25) is 5.91 Å². The molecule has 0 bridgehead atoms. The van der Waals surface area contributed by atoms with Crippen molar-refractivity contribution in [3.63, 3.8) is 0 Å². The van der Waals surface area contributed by atoms with E-state index in [1.54, 1.807) is 28.8 Å². The van der Waals surface area contributed by atoms with Crippen LogP contribution in [-0.2, 0) is 4.79 Å². The number of likely N-dealkylation sites (tertiary alicyclic amines) is 1. The monoisotopic (exact) mass is 405 g/mol. The molecule has 1 amide bonds. The summed E-state index contributed by atoms with van der Waals surface area (Å²) in [5.74, 6) is 0.0215. The predicted molar refractivity (Wildman–Crippen MR) is 110 cm³/mol. The third kappa shape index (κ3) is 2.88. The number of amides is 1. The molecule has 0 atom stereocenters. The number of aromatic nitrogens is 6. The molecular formula is C20H19N7O3. The highest BCUT2D eigenvalue weighted by Gasteiger charge is 2.26. The first-order valence-corrected chi connectivity index (χ1v) is 9.72. The highest BCUT2D eigenvalue weighted by Crippen LogP contribution is 2.28. The normalized spacial score (nSPS) is 15.2. The van der Waals surface area contributed by atoms with E-state index in [0.29, 0.717) is 53.6 Å². The second-order valence-corrected chi connectivity index (χ2v) is 7.44. The largest absolute Gasteiger partial charge is 0.343 e. The lowest BCUT2D eigenvalue weighted by Crippen LogP contribution is -2.41. The van der Waals surface area contributed by atoms with Crippen LogP contribution in [0, 0.1) is 0 Å². The number of hydrogen-bond donors (Lipinski definition) is 2. The zero-order valence-corrected chi connectivity index (χ0v) is 16.3. The summed E-state index contributed by atoms with van der Waals surface area (Å²) in [6, 6.07) is 3.49. The number of piperidine rings is 1. The van der Waals surface area contributed by atoms with Gasteiger partial charge in [0.1, 0.15) is 5.52 Å². The summed E-state index contributed by atoms with van der Waals surface area (Å²) in [6.07, 6.45) is 6.10. The number of H-pyrrole nitrogens is 2. The fraction of sp³-hybridized carbons (Fsp3) is 0.300. The summed E-state index contributed by atoms with van der Waals surface area (Å²) in [6.45, 7) is 2.66. The lowest BCUT2D eigenvalue weighted by Gasteiger charge is -2.32. The van der Waals surface area contributed by atoms with Crippen molar-refractivity contribution in [1.29, 1.82) is 0 Å². The number of hydrogen-bond acceptors (Lipinski definition) is 6. The van der Waals surface area contributed by atoms with E-state index in [9.17, 15) is 14.4 Å². The van der Waals surface area contributed by atoms with Gasteiger partial charge in [-0.2, -0.15) is 5.10 Å². The number of aromatic amines is 2. The minimum Gasteiger partial charge on any atom is -0.343 e. The molecule has 5 rings (SSSR count). The van der Waals surface area contributed by atoms with Crippen molar-refractivity contribution in [2.45, 2.75) is 25.8 Å². The standard InChI is InChI=1S/C20H19N7O3/c1-11(28)26-6-4-13(5-7-26)27-18-14(19(29)25-20(27)30)10-21-16-3-2-15(24-17(16)18)12-8-22-23-9-12/h2-3,8-10,13H,4-7H2,1H3,(H,22,23)(H,25,29,30). The summed E-state index contributed by atoms with van der Waals surface area (Å²) in [7, 11) is 0. The molecule has 10 nitrogen and oxygen atoms in total. The van der Waals surface area contributed by atoms with Crippen LogP contribution in [0.4, 0.5) is 0 Å². The minimum atomic E-state index is -0.489. The SMILES string of the molecule is CC(=O)N1CCC(n2c(=O)[nH]c(=O)c3cnc4ccc(-c5cn[nH]c5)nc4c32)CC1. The van der Waals surface area contributed by atoms with Crippen LogP contribution in [0.15, 0.2) is 40.3 Å². The lowest BCUT2D eigenvalue weighted by atomic mass is 10.0. The smallest absolute Gasteiger partial charge is 0.329 e. The van der Waals surface area contributed by atoms with Crippen LogP contribution in [0.5, 0.6) is 0 Å².